The molecule has 2 rings (SSSR count). The fourth-order valence-corrected chi connectivity index (χ4v) is 2.80. The van der Waals surface area contributed by atoms with Crippen molar-refractivity contribution >= 4 is 5.69 Å². The number of hydrogen-bond donors (Lipinski definition) is 1. The van der Waals surface area contributed by atoms with E-state index in [0.29, 0.717) is 0 Å². The summed E-state index contributed by atoms with van der Waals surface area (Å²) in [6, 6.07) is 6.55. The first-order valence-electron chi connectivity index (χ1n) is 6.46. The summed E-state index contributed by atoms with van der Waals surface area (Å²) in [7, 11) is 0. The largest absolute Gasteiger partial charge is 0.391 e. The van der Waals surface area contributed by atoms with E-state index in [1.807, 2.05) is 0 Å². The van der Waals surface area contributed by atoms with Crippen molar-refractivity contribution in [1.29, 1.82) is 0 Å². The van der Waals surface area contributed by atoms with Crippen molar-refractivity contribution in [1.82, 2.24) is 0 Å². The SMILES string of the molecule is Cc1ccc(N2CCCC(O)C2(C)C)c(C)c1. The van der Waals surface area contributed by atoms with E-state index in [2.05, 4.69) is 50.8 Å². The van der Waals surface area contributed by atoms with Crippen LogP contribution in [0.2, 0.25) is 0 Å². The van der Waals surface area contributed by atoms with Gasteiger partial charge in [-0.3, -0.25) is 0 Å². The second kappa shape index (κ2) is 4.34. The molecule has 1 aliphatic heterocycles. The highest BCUT2D eigenvalue weighted by Gasteiger charge is 2.37. The van der Waals surface area contributed by atoms with Gasteiger partial charge >= 0.3 is 0 Å². The Balaban J connectivity index is 2.38. The number of benzene rings is 1. The van der Waals surface area contributed by atoms with Gasteiger partial charge in [0.2, 0.25) is 0 Å². The summed E-state index contributed by atoms with van der Waals surface area (Å²) < 4.78 is 0. The van der Waals surface area contributed by atoms with Gasteiger partial charge in [0.15, 0.2) is 0 Å². The Morgan fingerprint density at radius 1 is 1.29 bits per heavy atom. The van der Waals surface area contributed by atoms with Gasteiger partial charge in [0.05, 0.1) is 11.6 Å². The molecule has 1 N–H and O–H groups in total. The Bertz CT molecular complexity index is 411. The van der Waals surface area contributed by atoms with Gasteiger partial charge in [0.25, 0.3) is 0 Å². The highest BCUT2D eigenvalue weighted by Crippen LogP contribution is 2.34. The van der Waals surface area contributed by atoms with E-state index in [0.717, 1.165) is 19.4 Å². The van der Waals surface area contributed by atoms with E-state index in [4.69, 9.17) is 0 Å². The van der Waals surface area contributed by atoms with Gasteiger partial charge in [-0.25, -0.2) is 0 Å². The number of rotatable bonds is 1. The molecule has 1 fully saturated rings. The van der Waals surface area contributed by atoms with E-state index in [-0.39, 0.29) is 11.6 Å². The van der Waals surface area contributed by atoms with Crippen LogP contribution in [0.5, 0.6) is 0 Å². The fraction of sp³-hybridized carbons (Fsp3) is 0.600. The molecule has 2 nitrogen and oxygen atoms in total. The zero-order chi connectivity index (χ0) is 12.6. The van der Waals surface area contributed by atoms with Crippen molar-refractivity contribution in [3.63, 3.8) is 0 Å². The van der Waals surface area contributed by atoms with E-state index in [9.17, 15) is 5.11 Å². The lowest BCUT2D eigenvalue weighted by Crippen LogP contribution is -2.56. The van der Waals surface area contributed by atoms with E-state index < -0.39 is 0 Å². The first kappa shape index (κ1) is 12.4. The lowest BCUT2D eigenvalue weighted by atomic mass is 9.86. The third-order valence-electron chi connectivity index (χ3n) is 4.01. The molecule has 1 unspecified atom stereocenters. The van der Waals surface area contributed by atoms with Gasteiger partial charge in [-0.15, -0.1) is 0 Å². The molecule has 0 aliphatic carbocycles. The summed E-state index contributed by atoms with van der Waals surface area (Å²) in [5.41, 5.74) is 3.69. The monoisotopic (exact) mass is 233 g/mol. The average Bonchev–Trinajstić information content (AvgIpc) is 2.23. The Morgan fingerprint density at radius 2 is 2.00 bits per heavy atom. The molecule has 0 bridgehead atoms. The van der Waals surface area contributed by atoms with Gasteiger partial charge in [-0.2, -0.15) is 0 Å². The van der Waals surface area contributed by atoms with Crippen LogP contribution in [0.25, 0.3) is 0 Å². The molecule has 1 saturated heterocycles. The summed E-state index contributed by atoms with van der Waals surface area (Å²) in [6.07, 6.45) is 1.74. The van der Waals surface area contributed by atoms with Gasteiger partial charge in [-0.1, -0.05) is 17.7 Å². The third kappa shape index (κ3) is 2.19. The maximum Gasteiger partial charge on any atom is 0.0767 e. The van der Waals surface area contributed by atoms with Crippen molar-refractivity contribution in [3.05, 3.63) is 29.3 Å². The van der Waals surface area contributed by atoms with Crippen LogP contribution in [0.3, 0.4) is 0 Å². The van der Waals surface area contributed by atoms with Gasteiger partial charge in [0.1, 0.15) is 0 Å². The third-order valence-corrected chi connectivity index (χ3v) is 4.01. The van der Waals surface area contributed by atoms with Crippen molar-refractivity contribution in [2.24, 2.45) is 0 Å². The van der Waals surface area contributed by atoms with E-state index >= 15 is 0 Å². The van der Waals surface area contributed by atoms with Gasteiger partial charge < -0.3 is 10.0 Å². The predicted molar refractivity (Wildman–Crippen MR) is 72.6 cm³/mol. The lowest BCUT2D eigenvalue weighted by molar-refractivity contribution is 0.0711. The van der Waals surface area contributed by atoms with Crippen LogP contribution >= 0.6 is 0 Å². The van der Waals surface area contributed by atoms with Gasteiger partial charge in [0, 0.05) is 12.2 Å². The molecule has 94 valence electrons. The molecule has 2 heteroatoms. The summed E-state index contributed by atoms with van der Waals surface area (Å²) in [5, 5.41) is 10.2. The summed E-state index contributed by atoms with van der Waals surface area (Å²) in [5.74, 6) is 0. The van der Waals surface area contributed by atoms with Crippen molar-refractivity contribution in [2.75, 3.05) is 11.4 Å². The maximum atomic E-state index is 10.2. The van der Waals surface area contributed by atoms with E-state index in [1.54, 1.807) is 0 Å². The fourth-order valence-electron chi connectivity index (χ4n) is 2.80. The van der Waals surface area contributed by atoms with Crippen LogP contribution in [0, 0.1) is 13.8 Å². The lowest BCUT2D eigenvalue weighted by Gasteiger charge is -2.48. The molecule has 1 atom stereocenters. The van der Waals surface area contributed by atoms with Crippen LogP contribution in [-0.4, -0.2) is 23.3 Å². The number of anilines is 1. The van der Waals surface area contributed by atoms with E-state index in [1.165, 1.54) is 16.8 Å². The molecule has 0 amide bonds. The first-order chi connectivity index (χ1) is 7.93. The number of aliphatic hydroxyl groups excluding tert-OH is 1. The Morgan fingerprint density at radius 3 is 2.65 bits per heavy atom. The maximum absolute atomic E-state index is 10.2. The van der Waals surface area contributed by atoms with Crippen molar-refractivity contribution < 1.29 is 5.11 Å². The molecule has 0 radical (unpaired) electrons. The van der Waals surface area contributed by atoms with Gasteiger partial charge in [-0.05, 0) is 52.2 Å². The molecule has 1 aromatic carbocycles. The molecule has 1 aliphatic rings. The predicted octanol–water partition coefficient (Wildman–Crippen LogP) is 3.04. The second-order valence-corrected chi connectivity index (χ2v) is 5.75. The minimum atomic E-state index is -0.239. The Hall–Kier alpha value is -1.02. The Kier molecular flexibility index (Phi) is 3.17. The summed E-state index contributed by atoms with van der Waals surface area (Å²) >= 11 is 0. The number of hydrogen-bond acceptors (Lipinski definition) is 2. The average molecular weight is 233 g/mol. The summed E-state index contributed by atoms with van der Waals surface area (Å²) in [4.78, 5) is 2.36. The van der Waals surface area contributed by atoms with Crippen molar-refractivity contribution in [3.8, 4) is 0 Å². The first-order valence-corrected chi connectivity index (χ1v) is 6.46. The smallest absolute Gasteiger partial charge is 0.0767 e. The van der Waals surface area contributed by atoms with Crippen molar-refractivity contribution in [2.45, 2.75) is 52.2 Å². The Labute approximate surface area is 104 Å². The standard InChI is InChI=1S/C15H23NO/c1-11-7-8-13(12(2)10-11)16-9-5-6-14(17)15(16,3)4/h7-8,10,14,17H,5-6,9H2,1-4H3. The molecule has 17 heavy (non-hydrogen) atoms. The van der Waals surface area contributed by atoms with Crippen LogP contribution in [0.1, 0.15) is 37.8 Å². The molecule has 0 spiro atoms. The highest BCUT2D eigenvalue weighted by atomic mass is 16.3. The highest BCUT2D eigenvalue weighted by molar-refractivity contribution is 5.56. The number of aryl methyl sites for hydroxylation is 2. The molecular weight excluding hydrogens is 210 g/mol. The molecule has 0 aromatic heterocycles. The van der Waals surface area contributed by atoms with Crippen LogP contribution < -0.4 is 4.90 Å². The zero-order valence-corrected chi connectivity index (χ0v) is 11.3. The van der Waals surface area contributed by atoms with Crippen LogP contribution in [-0.2, 0) is 0 Å². The topological polar surface area (TPSA) is 23.5 Å². The second-order valence-electron chi connectivity index (χ2n) is 5.75. The number of nitrogens with zero attached hydrogens (tertiary/aromatic N) is 1. The summed E-state index contributed by atoms with van der Waals surface area (Å²) in [6.45, 7) is 9.58. The number of aliphatic hydroxyl groups is 1. The molecule has 1 aromatic rings. The minimum absolute atomic E-state index is 0.168. The zero-order valence-electron chi connectivity index (χ0n) is 11.3. The normalized spacial score (nSPS) is 23.8. The minimum Gasteiger partial charge on any atom is -0.391 e. The van der Waals surface area contributed by atoms with Crippen LogP contribution in [0.4, 0.5) is 5.69 Å². The molecular formula is C15H23NO. The molecule has 1 heterocycles. The van der Waals surface area contributed by atoms with Crippen LogP contribution in [0.15, 0.2) is 18.2 Å². The number of piperidine rings is 1. The molecule has 0 saturated carbocycles. The quantitative estimate of drug-likeness (QED) is 0.806.